The lowest BCUT2D eigenvalue weighted by Crippen LogP contribution is -1.93. The predicted molar refractivity (Wildman–Crippen MR) is 98.5 cm³/mol. The van der Waals surface area contributed by atoms with E-state index in [-0.39, 0.29) is 0 Å². The van der Waals surface area contributed by atoms with Crippen molar-refractivity contribution in [2.45, 2.75) is 0 Å². The van der Waals surface area contributed by atoms with Gasteiger partial charge >= 0.3 is 0 Å². The van der Waals surface area contributed by atoms with Gasteiger partial charge in [-0.15, -0.1) is 0 Å². The van der Waals surface area contributed by atoms with Crippen molar-refractivity contribution in [3.8, 4) is 0 Å². The first-order valence-corrected chi connectivity index (χ1v) is 8.20. The topological polar surface area (TPSA) is 82.3 Å². The maximum atomic E-state index is 4.48. The van der Waals surface area contributed by atoms with Gasteiger partial charge in [0.25, 0.3) is 0 Å². The summed E-state index contributed by atoms with van der Waals surface area (Å²) in [6.07, 6.45) is 3.61. The van der Waals surface area contributed by atoms with Crippen molar-refractivity contribution >= 4 is 60.1 Å². The number of H-pyrrole nitrogens is 2. The quantitative estimate of drug-likeness (QED) is 0.422. The molecule has 5 rings (SSSR count). The number of fused-ring (bicyclic) bond motifs is 4. The molecule has 0 unspecified atom stereocenters. The zero-order valence-corrected chi connectivity index (χ0v) is 13.9. The summed E-state index contributed by atoms with van der Waals surface area (Å²) < 4.78 is 1.01. The van der Waals surface area contributed by atoms with Crippen LogP contribution in [0.1, 0.15) is 0 Å². The largest absolute Gasteiger partial charge is 0.336 e. The molecule has 0 aliphatic rings. The molecule has 0 amide bonds. The summed E-state index contributed by atoms with van der Waals surface area (Å²) in [5.74, 6) is 0.762. The van der Waals surface area contributed by atoms with Gasteiger partial charge in [-0.25, -0.2) is 0 Å². The summed E-state index contributed by atoms with van der Waals surface area (Å²) in [6.45, 7) is 0. The van der Waals surface area contributed by atoms with E-state index in [1.54, 1.807) is 12.4 Å². The van der Waals surface area contributed by atoms with E-state index >= 15 is 0 Å². The smallest absolute Gasteiger partial charge is 0.160 e. The zero-order chi connectivity index (χ0) is 16.1. The van der Waals surface area contributed by atoms with Crippen LogP contribution in [-0.4, -0.2) is 25.4 Å². The Morgan fingerprint density at radius 1 is 1.04 bits per heavy atom. The molecule has 24 heavy (non-hydrogen) atoms. The number of aromatic nitrogens is 5. The Morgan fingerprint density at radius 3 is 2.96 bits per heavy atom. The molecule has 0 aliphatic carbocycles. The molecule has 0 radical (unpaired) electrons. The van der Waals surface area contributed by atoms with E-state index in [9.17, 15) is 0 Å². The Balaban J connectivity index is 1.75. The van der Waals surface area contributed by atoms with Gasteiger partial charge in [-0.3, -0.25) is 15.2 Å². The Kier molecular flexibility index (Phi) is 2.83. The molecule has 0 atom stereocenters. The summed E-state index contributed by atoms with van der Waals surface area (Å²) >= 11 is 3.53. The van der Waals surface area contributed by atoms with E-state index in [1.165, 1.54) is 0 Å². The fourth-order valence-electron chi connectivity index (χ4n) is 2.97. The van der Waals surface area contributed by atoms with Crippen LogP contribution in [0.25, 0.3) is 32.7 Å². The maximum Gasteiger partial charge on any atom is 0.160 e. The van der Waals surface area contributed by atoms with E-state index in [2.05, 4.69) is 52.7 Å². The minimum absolute atomic E-state index is 0.762. The molecule has 0 saturated heterocycles. The fraction of sp³-hybridized carbons (Fsp3) is 0. The molecule has 0 bridgehead atoms. The number of rotatable bonds is 2. The second kappa shape index (κ2) is 5.04. The third kappa shape index (κ3) is 1.98. The van der Waals surface area contributed by atoms with Crippen LogP contribution in [0.4, 0.5) is 11.5 Å². The molecular weight excluding hydrogens is 368 g/mol. The molecule has 7 heteroatoms. The highest BCUT2D eigenvalue weighted by atomic mass is 79.9. The first-order valence-electron chi connectivity index (χ1n) is 7.41. The number of aromatic amines is 2. The normalized spacial score (nSPS) is 11.5. The van der Waals surface area contributed by atoms with Crippen molar-refractivity contribution in [3.63, 3.8) is 0 Å². The van der Waals surface area contributed by atoms with Gasteiger partial charge in [0.2, 0.25) is 0 Å². The van der Waals surface area contributed by atoms with Gasteiger partial charge in [0.05, 0.1) is 40.0 Å². The van der Waals surface area contributed by atoms with E-state index in [0.717, 1.165) is 48.7 Å². The Morgan fingerprint density at radius 2 is 2.00 bits per heavy atom. The molecule has 116 valence electrons. The molecule has 2 aromatic carbocycles. The highest BCUT2D eigenvalue weighted by Crippen LogP contribution is 2.33. The molecule has 0 aliphatic heterocycles. The highest BCUT2D eigenvalue weighted by Gasteiger charge is 2.12. The van der Waals surface area contributed by atoms with Crippen LogP contribution in [-0.2, 0) is 0 Å². The predicted octanol–water partition coefficient (Wildman–Crippen LogP) is 4.49. The van der Waals surface area contributed by atoms with Gasteiger partial charge in [-0.2, -0.15) is 10.2 Å². The van der Waals surface area contributed by atoms with E-state index in [0.29, 0.717) is 0 Å². The highest BCUT2D eigenvalue weighted by molar-refractivity contribution is 9.10. The van der Waals surface area contributed by atoms with Crippen molar-refractivity contribution < 1.29 is 0 Å². The zero-order valence-electron chi connectivity index (χ0n) is 12.3. The van der Waals surface area contributed by atoms with Crippen LogP contribution < -0.4 is 5.32 Å². The van der Waals surface area contributed by atoms with Crippen LogP contribution in [0.5, 0.6) is 0 Å². The molecular formula is C17H11BrN6. The Labute approximate surface area is 144 Å². The Hall–Kier alpha value is -2.93. The van der Waals surface area contributed by atoms with Crippen molar-refractivity contribution in [1.29, 1.82) is 0 Å². The molecule has 5 aromatic rings. The lowest BCUT2D eigenvalue weighted by molar-refractivity contribution is 1.11. The van der Waals surface area contributed by atoms with Gasteiger partial charge in [-0.05, 0) is 24.3 Å². The number of halogens is 1. The van der Waals surface area contributed by atoms with Gasteiger partial charge in [0.15, 0.2) is 5.82 Å². The number of pyridine rings is 1. The number of anilines is 2. The first kappa shape index (κ1) is 13.5. The number of hydrogen-bond acceptors (Lipinski definition) is 4. The fourth-order valence-corrected chi connectivity index (χ4v) is 3.33. The van der Waals surface area contributed by atoms with Crippen LogP contribution in [0.15, 0.2) is 53.3 Å². The van der Waals surface area contributed by atoms with Crippen LogP contribution in [0.2, 0.25) is 0 Å². The number of para-hydroxylation sites is 1. The van der Waals surface area contributed by atoms with Gasteiger partial charge in [0, 0.05) is 15.2 Å². The minimum Gasteiger partial charge on any atom is -0.336 e. The van der Waals surface area contributed by atoms with Crippen LogP contribution in [0, 0.1) is 0 Å². The molecule has 3 N–H and O–H groups in total. The number of nitrogens with one attached hydrogen (secondary N) is 3. The summed E-state index contributed by atoms with van der Waals surface area (Å²) in [4.78, 5) is 4.48. The second-order valence-electron chi connectivity index (χ2n) is 5.55. The summed E-state index contributed by atoms with van der Waals surface area (Å²) in [5, 5.41) is 21.1. The van der Waals surface area contributed by atoms with Gasteiger partial charge in [-0.1, -0.05) is 28.1 Å². The van der Waals surface area contributed by atoms with Gasteiger partial charge < -0.3 is 5.32 Å². The number of nitrogens with zero attached hydrogens (tertiary/aromatic N) is 3. The van der Waals surface area contributed by atoms with E-state index in [1.807, 2.05) is 30.3 Å². The summed E-state index contributed by atoms with van der Waals surface area (Å²) in [7, 11) is 0. The average molecular weight is 379 g/mol. The lowest BCUT2D eigenvalue weighted by atomic mass is 10.1. The summed E-state index contributed by atoms with van der Waals surface area (Å²) in [5.41, 5.74) is 3.70. The molecule has 3 aromatic heterocycles. The minimum atomic E-state index is 0.762. The van der Waals surface area contributed by atoms with Crippen molar-refractivity contribution in [3.05, 3.63) is 53.3 Å². The SMILES string of the molecule is Brc1ccc2ncc3[nH]nc(Nc4cccc5cn[nH]c45)c3c2c1. The third-order valence-corrected chi connectivity index (χ3v) is 4.58. The monoisotopic (exact) mass is 378 g/mol. The molecule has 0 fully saturated rings. The summed E-state index contributed by atoms with van der Waals surface area (Å²) in [6, 6.07) is 12.0. The second-order valence-corrected chi connectivity index (χ2v) is 6.46. The van der Waals surface area contributed by atoms with Crippen molar-refractivity contribution in [1.82, 2.24) is 25.4 Å². The first-order chi connectivity index (χ1) is 11.8. The van der Waals surface area contributed by atoms with Crippen molar-refractivity contribution in [2.24, 2.45) is 0 Å². The standard InChI is InChI=1S/C17H11BrN6/c18-10-4-5-12-11(6-10)15-14(8-19-12)22-24-17(15)21-13-3-1-2-9-7-20-23-16(9)13/h1-8H,(H,20,23)(H2,21,22,24). The molecule has 6 nitrogen and oxygen atoms in total. The maximum absolute atomic E-state index is 4.48. The molecule has 3 heterocycles. The number of hydrogen-bond donors (Lipinski definition) is 3. The Bertz CT molecular complexity index is 1210. The number of benzene rings is 2. The third-order valence-electron chi connectivity index (χ3n) is 4.08. The average Bonchev–Trinajstić information content (AvgIpc) is 3.22. The van der Waals surface area contributed by atoms with Crippen LogP contribution >= 0.6 is 15.9 Å². The van der Waals surface area contributed by atoms with E-state index in [4.69, 9.17) is 0 Å². The van der Waals surface area contributed by atoms with Gasteiger partial charge in [0.1, 0.15) is 0 Å². The lowest BCUT2D eigenvalue weighted by Gasteiger charge is -2.06. The van der Waals surface area contributed by atoms with Crippen molar-refractivity contribution in [2.75, 3.05) is 5.32 Å². The van der Waals surface area contributed by atoms with Crippen LogP contribution in [0.3, 0.4) is 0 Å². The molecule has 0 saturated carbocycles. The van der Waals surface area contributed by atoms with E-state index < -0.39 is 0 Å². The molecule has 0 spiro atoms.